The summed E-state index contributed by atoms with van der Waals surface area (Å²) in [5.41, 5.74) is 1.43. The lowest BCUT2D eigenvalue weighted by Crippen LogP contribution is -2.36. The van der Waals surface area contributed by atoms with Crippen molar-refractivity contribution in [1.82, 2.24) is 5.32 Å². The molecule has 0 radical (unpaired) electrons. The van der Waals surface area contributed by atoms with Crippen LogP contribution in [0.3, 0.4) is 0 Å². The van der Waals surface area contributed by atoms with Crippen LogP contribution in [0.4, 0.5) is 5.69 Å². The van der Waals surface area contributed by atoms with E-state index in [-0.39, 0.29) is 0 Å². The molecule has 0 fully saturated rings. The summed E-state index contributed by atoms with van der Waals surface area (Å²) in [6.07, 6.45) is 0.602. The molecule has 2 rings (SSSR count). The molecule has 0 saturated heterocycles. The van der Waals surface area contributed by atoms with E-state index in [4.69, 9.17) is 27.9 Å². The third-order valence-electron chi connectivity index (χ3n) is 3.23. The summed E-state index contributed by atoms with van der Waals surface area (Å²) in [7, 11) is 1.49. The van der Waals surface area contributed by atoms with Gasteiger partial charge in [-0.25, -0.2) is 0 Å². The number of halogens is 2. The van der Waals surface area contributed by atoms with Gasteiger partial charge in [0.05, 0.1) is 12.1 Å². The first-order chi connectivity index (χ1) is 11.5. The first-order valence-electron chi connectivity index (χ1n) is 7.17. The SMILES string of the molecule is COc1ccc(NC(=O)C(=O)NCCc2ccc(Cl)cc2)cc1Cl. The number of hydrogen-bond donors (Lipinski definition) is 2. The highest BCUT2D eigenvalue weighted by Crippen LogP contribution is 2.27. The highest BCUT2D eigenvalue weighted by molar-refractivity contribution is 6.40. The molecule has 0 spiro atoms. The van der Waals surface area contributed by atoms with Gasteiger partial charge in [0.1, 0.15) is 5.75 Å². The van der Waals surface area contributed by atoms with Gasteiger partial charge in [-0.2, -0.15) is 0 Å². The summed E-state index contributed by atoms with van der Waals surface area (Å²) < 4.78 is 5.02. The molecule has 126 valence electrons. The molecule has 2 N–H and O–H groups in total. The number of anilines is 1. The molecule has 0 unspecified atom stereocenters. The molecule has 0 heterocycles. The monoisotopic (exact) mass is 366 g/mol. The van der Waals surface area contributed by atoms with Gasteiger partial charge in [0.15, 0.2) is 0 Å². The molecule has 24 heavy (non-hydrogen) atoms. The van der Waals surface area contributed by atoms with E-state index < -0.39 is 11.8 Å². The topological polar surface area (TPSA) is 67.4 Å². The summed E-state index contributed by atoms with van der Waals surface area (Å²) >= 11 is 11.8. The number of ether oxygens (including phenoxy) is 1. The lowest BCUT2D eigenvalue weighted by molar-refractivity contribution is -0.136. The van der Waals surface area contributed by atoms with E-state index in [1.165, 1.54) is 13.2 Å². The van der Waals surface area contributed by atoms with Crippen molar-refractivity contribution in [2.75, 3.05) is 19.0 Å². The zero-order valence-electron chi connectivity index (χ0n) is 12.9. The van der Waals surface area contributed by atoms with Gasteiger partial charge in [0, 0.05) is 17.3 Å². The van der Waals surface area contributed by atoms with Gasteiger partial charge in [0.25, 0.3) is 0 Å². The van der Waals surface area contributed by atoms with Crippen molar-refractivity contribution in [3.63, 3.8) is 0 Å². The third kappa shape index (κ3) is 5.15. The summed E-state index contributed by atoms with van der Waals surface area (Å²) in [5.74, 6) is -0.981. The number of carbonyl (C=O) groups excluding carboxylic acids is 2. The molecule has 5 nitrogen and oxygen atoms in total. The first kappa shape index (κ1) is 18.1. The van der Waals surface area contributed by atoms with Crippen molar-refractivity contribution in [3.8, 4) is 5.75 Å². The molecular formula is C17H16Cl2N2O3. The summed E-state index contributed by atoms with van der Waals surface area (Å²) in [4.78, 5) is 23.6. The van der Waals surface area contributed by atoms with Gasteiger partial charge >= 0.3 is 11.8 Å². The van der Waals surface area contributed by atoms with Crippen LogP contribution in [0.25, 0.3) is 0 Å². The van der Waals surface area contributed by atoms with Gasteiger partial charge in [-0.1, -0.05) is 35.3 Å². The fourth-order valence-electron chi connectivity index (χ4n) is 1.98. The Hall–Kier alpha value is -2.24. The lowest BCUT2D eigenvalue weighted by atomic mass is 10.1. The van der Waals surface area contributed by atoms with Gasteiger partial charge < -0.3 is 15.4 Å². The molecule has 0 atom stereocenters. The second kappa shape index (κ2) is 8.57. The maximum atomic E-state index is 11.9. The normalized spacial score (nSPS) is 10.1. The Morgan fingerprint density at radius 1 is 1.04 bits per heavy atom. The van der Waals surface area contributed by atoms with Crippen LogP contribution in [0.1, 0.15) is 5.56 Å². The molecule has 0 aliphatic heterocycles. The molecule has 2 aromatic carbocycles. The van der Waals surface area contributed by atoms with Crippen LogP contribution >= 0.6 is 23.2 Å². The van der Waals surface area contributed by atoms with Crippen molar-refractivity contribution < 1.29 is 14.3 Å². The van der Waals surface area contributed by atoms with Crippen LogP contribution < -0.4 is 15.4 Å². The summed E-state index contributed by atoms with van der Waals surface area (Å²) in [6.45, 7) is 0.344. The highest BCUT2D eigenvalue weighted by atomic mass is 35.5. The quantitative estimate of drug-likeness (QED) is 0.797. The third-order valence-corrected chi connectivity index (χ3v) is 3.78. The van der Waals surface area contributed by atoms with Crippen LogP contribution in [0.15, 0.2) is 42.5 Å². The van der Waals surface area contributed by atoms with Crippen LogP contribution in [0.2, 0.25) is 10.0 Å². The average Bonchev–Trinajstić information content (AvgIpc) is 2.56. The zero-order chi connectivity index (χ0) is 17.5. The standard InChI is InChI=1S/C17H16Cl2N2O3/c1-24-15-7-6-13(10-14(15)19)21-17(23)16(22)20-9-8-11-2-4-12(18)5-3-11/h2-7,10H,8-9H2,1H3,(H,20,22)(H,21,23). The van der Waals surface area contributed by atoms with Crippen molar-refractivity contribution >= 4 is 40.7 Å². The summed E-state index contributed by atoms with van der Waals surface area (Å²) in [6, 6.07) is 12.0. The maximum Gasteiger partial charge on any atom is 0.313 e. The van der Waals surface area contributed by atoms with Crippen molar-refractivity contribution in [2.24, 2.45) is 0 Å². The Morgan fingerprint density at radius 3 is 2.38 bits per heavy atom. The highest BCUT2D eigenvalue weighted by Gasteiger charge is 2.14. The van der Waals surface area contributed by atoms with Crippen molar-refractivity contribution in [2.45, 2.75) is 6.42 Å². The number of hydrogen-bond acceptors (Lipinski definition) is 3. The van der Waals surface area contributed by atoms with Gasteiger partial charge in [-0.05, 0) is 42.3 Å². The molecule has 0 aromatic heterocycles. The molecule has 2 amide bonds. The number of benzene rings is 2. The van der Waals surface area contributed by atoms with E-state index in [0.717, 1.165) is 5.56 Å². The predicted molar refractivity (Wildman–Crippen MR) is 94.8 cm³/mol. The average molecular weight is 367 g/mol. The van der Waals surface area contributed by atoms with Gasteiger partial charge in [-0.15, -0.1) is 0 Å². The Balaban J connectivity index is 1.82. The fourth-order valence-corrected chi connectivity index (χ4v) is 2.37. The Bertz CT molecular complexity index is 733. The molecule has 0 saturated carbocycles. The van der Waals surface area contributed by atoms with Gasteiger partial charge in [-0.3, -0.25) is 9.59 Å². The zero-order valence-corrected chi connectivity index (χ0v) is 14.4. The fraction of sp³-hybridized carbons (Fsp3) is 0.176. The molecule has 2 aromatic rings. The number of amides is 2. The van der Waals surface area contributed by atoms with Crippen molar-refractivity contribution in [3.05, 3.63) is 58.1 Å². The van der Waals surface area contributed by atoms with E-state index in [0.29, 0.717) is 34.4 Å². The van der Waals surface area contributed by atoms with Crippen LogP contribution in [0.5, 0.6) is 5.75 Å². The minimum absolute atomic E-state index is 0.344. The molecule has 0 bridgehead atoms. The maximum absolute atomic E-state index is 11.9. The second-order valence-corrected chi connectivity index (χ2v) is 5.78. The number of carbonyl (C=O) groups is 2. The number of rotatable bonds is 5. The second-order valence-electron chi connectivity index (χ2n) is 4.94. The molecule has 0 aliphatic rings. The largest absolute Gasteiger partial charge is 0.495 e. The molecule has 7 heteroatoms. The van der Waals surface area contributed by atoms with Crippen LogP contribution in [-0.2, 0) is 16.0 Å². The molecular weight excluding hydrogens is 351 g/mol. The Morgan fingerprint density at radius 2 is 1.75 bits per heavy atom. The van der Waals surface area contributed by atoms with E-state index in [1.54, 1.807) is 24.3 Å². The van der Waals surface area contributed by atoms with E-state index in [2.05, 4.69) is 10.6 Å². The number of methoxy groups -OCH3 is 1. The Kier molecular flexibility index (Phi) is 6.46. The smallest absolute Gasteiger partial charge is 0.313 e. The minimum Gasteiger partial charge on any atom is -0.495 e. The van der Waals surface area contributed by atoms with E-state index in [1.807, 2.05) is 12.1 Å². The summed E-state index contributed by atoms with van der Waals surface area (Å²) in [5, 5.41) is 6.04. The van der Waals surface area contributed by atoms with Crippen LogP contribution in [0, 0.1) is 0 Å². The first-order valence-corrected chi connectivity index (χ1v) is 7.92. The Labute approximate surface area is 149 Å². The van der Waals surface area contributed by atoms with E-state index >= 15 is 0 Å². The van der Waals surface area contributed by atoms with Crippen LogP contribution in [-0.4, -0.2) is 25.5 Å². The lowest BCUT2D eigenvalue weighted by Gasteiger charge is -2.08. The van der Waals surface area contributed by atoms with Gasteiger partial charge in [0.2, 0.25) is 0 Å². The predicted octanol–water partition coefficient (Wildman–Crippen LogP) is 3.30. The minimum atomic E-state index is -0.757. The van der Waals surface area contributed by atoms with Crippen molar-refractivity contribution in [1.29, 1.82) is 0 Å². The van der Waals surface area contributed by atoms with E-state index in [9.17, 15) is 9.59 Å². The molecule has 0 aliphatic carbocycles. The number of nitrogens with one attached hydrogen (secondary N) is 2.